The third-order valence-electron chi connectivity index (χ3n) is 3.00. The van der Waals surface area contributed by atoms with Crippen LogP contribution in [-0.2, 0) is 4.79 Å². The van der Waals surface area contributed by atoms with Crippen LogP contribution in [0.25, 0.3) is 0 Å². The summed E-state index contributed by atoms with van der Waals surface area (Å²) >= 11 is 0. The second-order valence-electron chi connectivity index (χ2n) is 5.82. The zero-order chi connectivity index (χ0) is 15.2. The quantitative estimate of drug-likeness (QED) is 0.805. The number of para-hydroxylation sites is 2. The van der Waals surface area contributed by atoms with Gasteiger partial charge >= 0.3 is 0 Å². The molecule has 3 N–H and O–H groups in total. The number of carbonyl (C=O) groups excluding carboxylic acids is 1. The highest BCUT2D eigenvalue weighted by molar-refractivity contribution is 5.98. The number of anilines is 1. The van der Waals surface area contributed by atoms with E-state index in [-0.39, 0.29) is 5.91 Å². The second-order valence-corrected chi connectivity index (χ2v) is 5.82. The predicted molar refractivity (Wildman–Crippen MR) is 82.9 cm³/mol. The van der Waals surface area contributed by atoms with Gasteiger partial charge in [0, 0.05) is 0 Å². The van der Waals surface area contributed by atoms with E-state index in [2.05, 4.69) is 19.2 Å². The van der Waals surface area contributed by atoms with E-state index in [0.717, 1.165) is 6.42 Å². The lowest BCUT2D eigenvalue weighted by Crippen LogP contribution is -2.48. The van der Waals surface area contributed by atoms with Crippen molar-refractivity contribution >= 4 is 11.6 Å². The van der Waals surface area contributed by atoms with Crippen LogP contribution in [0.15, 0.2) is 24.3 Å². The van der Waals surface area contributed by atoms with Gasteiger partial charge in [-0.2, -0.15) is 0 Å². The molecule has 0 saturated heterocycles. The molecule has 0 aliphatic carbocycles. The van der Waals surface area contributed by atoms with Gasteiger partial charge in [0.1, 0.15) is 5.75 Å². The fourth-order valence-electron chi connectivity index (χ4n) is 1.85. The van der Waals surface area contributed by atoms with Gasteiger partial charge in [-0.1, -0.05) is 39.3 Å². The van der Waals surface area contributed by atoms with Crippen molar-refractivity contribution in [3.63, 3.8) is 0 Å². The molecule has 0 fully saturated rings. The van der Waals surface area contributed by atoms with Crippen LogP contribution in [0, 0.1) is 5.92 Å². The first kappa shape index (κ1) is 16.5. The Labute approximate surface area is 121 Å². The smallest absolute Gasteiger partial charge is 0.244 e. The number of amides is 1. The summed E-state index contributed by atoms with van der Waals surface area (Å²) in [7, 11) is 0. The third kappa shape index (κ3) is 4.85. The summed E-state index contributed by atoms with van der Waals surface area (Å²) in [5.74, 6) is 0.931. The number of ether oxygens (including phenoxy) is 1. The van der Waals surface area contributed by atoms with Crippen molar-refractivity contribution in [3.8, 4) is 5.75 Å². The minimum absolute atomic E-state index is 0.181. The van der Waals surface area contributed by atoms with Gasteiger partial charge in [-0.15, -0.1) is 0 Å². The number of nitrogens with two attached hydrogens (primary N) is 1. The standard InChI is InChI=1S/C16H26N2O2/c1-5-10-16(4,17)15(19)18-13-8-6-7-9-14(13)20-11-12(2)3/h6-9,12H,5,10-11,17H2,1-4H3,(H,18,19). The Kier molecular flexibility index (Phi) is 6.02. The highest BCUT2D eigenvalue weighted by atomic mass is 16.5. The van der Waals surface area contributed by atoms with E-state index < -0.39 is 5.54 Å². The summed E-state index contributed by atoms with van der Waals surface area (Å²) < 4.78 is 5.72. The summed E-state index contributed by atoms with van der Waals surface area (Å²) in [4.78, 5) is 12.2. The molecule has 20 heavy (non-hydrogen) atoms. The zero-order valence-electron chi connectivity index (χ0n) is 12.9. The molecule has 0 spiro atoms. The Balaban J connectivity index is 2.79. The highest BCUT2D eigenvalue weighted by Gasteiger charge is 2.27. The van der Waals surface area contributed by atoms with Crippen LogP contribution in [0.4, 0.5) is 5.69 Å². The maximum atomic E-state index is 12.2. The molecule has 1 amide bonds. The van der Waals surface area contributed by atoms with Crippen LogP contribution < -0.4 is 15.8 Å². The average Bonchev–Trinajstić information content (AvgIpc) is 2.37. The average molecular weight is 278 g/mol. The molecule has 0 aromatic heterocycles. The van der Waals surface area contributed by atoms with Gasteiger partial charge in [-0.05, 0) is 31.4 Å². The normalized spacial score (nSPS) is 13.9. The maximum Gasteiger partial charge on any atom is 0.244 e. The second kappa shape index (κ2) is 7.29. The van der Waals surface area contributed by atoms with Crippen LogP contribution in [0.3, 0.4) is 0 Å². The van der Waals surface area contributed by atoms with Crippen LogP contribution in [0.1, 0.15) is 40.5 Å². The minimum Gasteiger partial charge on any atom is -0.491 e. The Bertz CT molecular complexity index is 442. The van der Waals surface area contributed by atoms with Crippen molar-refractivity contribution in [3.05, 3.63) is 24.3 Å². The first-order valence-electron chi connectivity index (χ1n) is 7.19. The number of carbonyl (C=O) groups is 1. The molecule has 0 aliphatic heterocycles. The first-order valence-corrected chi connectivity index (χ1v) is 7.19. The van der Waals surface area contributed by atoms with Crippen molar-refractivity contribution in [2.24, 2.45) is 11.7 Å². The van der Waals surface area contributed by atoms with Gasteiger partial charge in [-0.25, -0.2) is 0 Å². The molecule has 112 valence electrons. The van der Waals surface area contributed by atoms with E-state index in [4.69, 9.17) is 10.5 Å². The van der Waals surface area contributed by atoms with E-state index in [0.29, 0.717) is 30.4 Å². The molecule has 0 aliphatic rings. The van der Waals surface area contributed by atoms with E-state index in [9.17, 15) is 4.79 Å². The number of hydrogen-bond acceptors (Lipinski definition) is 3. The molecule has 0 saturated carbocycles. The van der Waals surface area contributed by atoms with Crippen LogP contribution in [0.5, 0.6) is 5.75 Å². The first-order chi connectivity index (χ1) is 9.36. The summed E-state index contributed by atoms with van der Waals surface area (Å²) in [6.07, 6.45) is 1.51. The lowest BCUT2D eigenvalue weighted by molar-refractivity contribution is -0.120. The van der Waals surface area contributed by atoms with E-state index >= 15 is 0 Å². The van der Waals surface area contributed by atoms with Gasteiger partial charge in [-0.3, -0.25) is 4.79 Å². The molecule has 1 unspecified atom stereocenters. The van der Waals surface area contributed by atoms with Crippen molar-refractivity contribution < 1.29 is 9.53 Å². The van der Waals surface area contributed by atoms with Crippen LogP contribution in [0.2, 0.25) is 0 Å². The molecular formula is C16H26N2O2. The van der Waals surface area contributed by atoms with Crippen molar-refractivity contribution in [2.45, 2.75) is 46.1 Å². The molecule has 1 aromatic rings. The summed E-state index contributed by atoms with van der Waals surface area (Å²) in [6, 6.07) is 7.44. The Morgan fingerprint density at radius 3 is 2.65 bits per heavy atom. The van der Waals surface area contributed by atoms with Crippen molar-refractivity contribution in [1.29, 1.82) is 0 Å². The fraction of sp³-hybridized carbons (Fsp3) is 0.562. The predicted octanol–water partition coefficient (Wildman–Crippen LogP) is 3.18. The van der Waals surface area contributed by atoms with E-state index in [1.807, 2.05) is 31.2 Å². The summed E-state index contributed by atoms with van der Waals surface area (Å²) in [6.45, 7) is 8.54. The monoisotopic (exact) mass is 278 g/mol. The largest absolute Gasteiger partial charge is 0.491 e. The highest BCUT2D eigenvalue weighted by Crippen LogP contribution is 2.25. The maximum absolute atomic E-state index is 12.2. The minimum atomic E-state index is -0.861. The number of nitrogens with one attached hydrogen (secondary N) is 1. The Hall–Kier alpha value is -1.55. The Morgan fingerprint density at radius 1 is 1.40 bits per heavy atom. The molecule has 0 bridgehead atoms. The van der Waals surface area contributed by atoms with E-state index in [1.54, 1.807) is 6.92 Å². The van der Waals surface area contributed by atoms with Crippen molar-refractivity contribution in [2.75, 3.05) is 11.9 Å². The molecule has 1 rings (SSSR count). The molecule has 0 heterocycles. The molecule has 1 aromatic carbocycles. The summed E-state index contributed by atoms with van der Waals surface area (Å²) in [5, 5.41) is 2.87. The van der Waals surface area contributed by atoms with Crippen molar-refractivity contribution in [1.82, 2.24) is 0 Å². The topological polar surface area (TPSA) is 64.4 Å². The van der Waals surface area contributed by atoms with E-state index in [1.165, 1.54) is 0 Å². The molecule has 4 heteroatoms. The molecule has 0 radical (unpaired) electrons. The third-order valence-corrected chi connectivity index (χ3v) is 3.00. The van der Waals surface area contributed by atoms with Crippen LogP contribution in [-0.4, -0.2) is 18.1 Å². The molecular weight excluding hydrogens is 252 g/mol. The number of hydrogen-bond donors (Lipinski definition) is 2. The summed E-state index contributed by atoms with van der Waals surface area (Å²) in [5.41, 5.74) is 5.85. The van der Waals surface area contributed by atoms with Gasteiger partial charge < -0.3 is 15.8 Å². The van der Waals surface area contributed by atoms with Gasteiger partial charge in [0.15, 0.2) is 0 Å². The lowest BCUT2D eigenvalue weighted by Gasteiger charge is -2.23. The fourth-order valence-corrected chi connectivity index (χ4v) is 1.85. The Morgan fingerprint density at radius 2 is 2.05 bits per heavy atom. The number of rotatable bonds is 7. The molecule has 4 nitrogen and oxygen atoms in total. The van der Waals surface area contributed by atoms with Gasteiger partial charge in [0.25, 0.3) is 0 Å². The lowest BCUT2D eigenvalue weighted by atomic mass is 9.96. The SMILES string of the molecule is CCCC(C)(N)C(=O)Nc1ccccc1OCC(C)C. The van der Waals surface area contributed by atoms with Gasteiger partial charge in [0.05, 0.1) is 17.8 Å². The number of benzene rings is 1. The molecule has 1 atom stereocenters. The zero-order valence-corrected chi connectivity index (χ0v) is 12.9. The van der Waals surface area contributed by atoms with Crippen LogP contribution >= 0.6 is 0 Å². The van der Waals surface area contributed by atoms with Gasteiger partial charge in [0.2, 0.25) is 5.91 Å².